The van der Waals surface area contributed by atoms with E-state index in [0.717, 1.165) is 11.1 Å². The molecule has 4 heteroatoms. The van der Waals surface area contributed by atoms with Crippen LogP contribution in [0.5, 0.6) is 0 Å². The fourth-order valence-corrected chi connectivity index (χ4v) is 1.68. The van der Waals surface area contributed by atoms with E-state index >= 15 is 0 Å². The molecule has 0 atom stereocenters. The predicted octanol–water partition coefficient (Wildman–Crippen LogP) is 3.11. The van der Waals surface area contributed by atoms with E-state index in [4.69, 9.17) is 11.6 Å². The molecule has 0 bridgehead atoms. The molecular formula is C13H8ClN3. The number of hydrogen-bond acceptors (Lipinski definition) is 3. The fraction of sp³-hybridized carbons (Fsp3) is 0. The maximum atomic E-state index is 9.18. The Bertz CT molecular complexity index is 571. The zero-order valence-electron chi connectivity index (χ0n) is 8.84. The second-order valence-electron chi connectivity index (χ2n) is 3.27. The Hall–Kier alpha value is -2.18. The lowest BCUT2D eigenvalue weighted by Crippen LogP contribution is -1.86. The van der Waals surface area contributed by atoms with Crippen molar-refractivity contribution in [1.29, 1.82) is 5.26 Å². The summed E-state index contributed by atoms with van der Waals surface area (Å²) in [5.41, 5.74) is 1.96. The molecule has 0 saturated carbocycles. The van der Waals surface area contributed by atoms with Gasteiger partial charge in [-0.15, -0.1) is 0 Å². The average Bonchev–Trinajstić information content (AvgIpc) is 2.42. The number of nitriles is 1. The Balaban J connectivity index is 2.53. The van der Waals surface area contributed by atoms with Crippen molar-refractivity contribution in [2.24, 2.45) is 0 Å². The number of hydrogen-bond donors (Lipinski definition) is 0. The van der Waals surface area contributed by atoms with Gasteiger partial charge in [-0.1, -0.05) is 11.6 Å². The van der Waals surface area contributed by atoms with Gasteiger partial charge in [0.25, 0.3) is 0 Å². The molecule has 2 rings (SSSR count). The molecule has 0 spiro atoms. The predicted molar refractivity (Wildman–Crippen MR) is 66.8 cm³/mol. The number of nitrogens with zero attached hydrogens (tertiary/aromatic N) is 3. The van der Waals surface area contributed by atoms with Crippen LogP contribution in [0.2, 0.25) is 0 Å². The number of rotatable bonds is 2. The van der Waals surface area contributed by atoms with Gasteiger partial charge in [0.15, 0.2) is 0 Å². The van der Waals surface area contributed by atoms with Crippen LogP contribution in [0.3, 0.4) is 0 Å². The van der Waals surface area contributed by atoms with Gasteiger partial charge in [-0.3, -0.25) is 9.97 Å². The Morgan fingerprint density at radius 2 is 1.41 bits per heavy atom. The molecule has 0 N–H and O–H groups in total. The van der Waals surface area contributed by atoms with Crippen LogP contribution in [0.1, 0.15) is 11.1 Å². The first-order chi connectivity index (χ1) is 8.33. The molecule has 0 aliphatic heterocycles. The smallest absolute Gasteiger partial charge is 0.101 e. The molecule has 0 aromatic carbocycles. The van der Waals surface area contributed by atoms with Crippen LogP contribution < -0.4 is 0 Å². The first kappa shape index (κ1) is 11.3. The number of allylic oxidation sites excluding steroid dienone is 1. The highest BCUT2D eigenvalue weighted by atomic mass is 35.5. The summed E-state index contributed by atoms with van der Waals surface area (Å²) < 4.78 is 0. The third kappa shape index (κ3) is 2.49. The second kappa shape index (κ2) is 5.24. The zero-order chi connectivity index (χ0) is 12.1. The van der Waals surface area contributed by atoms with Crippen molar-refractivity contribution in [3.63, 3.8) is 0 Å². The van der Waals surface area contributed by atoms with Crippen molar-refractivity contribution in [3.8, 4) is 6.07 Å². The van der Waals surface area contributed by atoms with Crippen LogP contribution in [-0.2, 0) is 0 Å². The molecule has 3 nitrogen and oxygen atoms in total. The summed E-state index contributed by atoms with van der Waals surface area (Å²) >= 11 is 6.22. The molecule has 0 aliphatic carbocycles. The minimum absolute atomic E-state index is 0.418. The van der Waals surface area contributed by atoms with E-state index in [0.29, 0.717) is 10.6 Å². The lowest BCUT2D eigenvalue weighted by molar-refractivity contribution is 1.31. The highest BCUT2D eigenvalue weighted by molar-refractivity contribution is 6.53. The molecule has 2 heterocycles. The topological polar surface area (TPSA) is 49.6 Å². The maximum Gasteiger partial charge on any atom is 0.101 e. The monoisotopic (exact) mass is 241 g/mol. The zero-order valence-corrected chi connectivity index (χ0v) is 9.59. The first-order valence-electron chi connectivity index (χ1n) is 4.93. The Labute approximate surface area is 104 Å². The Morgan fingerprint density at radius 3 is 1.88 bits per heavy atom. The number of aromatic nitrogens is 2. The normalized spacial score (nSPS) is 11.5. The minimum Gasteiger partial charge on any atom is -0.265 e. The maximum absolute atomic E-state index is 9.18. The van der Waals surface area contributed by atoms with E-state index in [2.05, 4.69) is 16.0 Å². The van der Waals surface area contributed by atoms with Crippen molar-refractivity contribution in [1.82, 2.24) is 9.97 Å². The molecule has 82 valence electrons. The van der Waals surface area contributed by atoms with E-state index in [1.165, 1.54) is 0 Å². The van der Waals surface area contributed by atoms with Crippen LogP contribution >= 0.6 is 11.6 Å². The van der Waals surface area contributed by atoms with Gasteiger partial charge in [0.1, 0.15) is 6.07 Å². The highest BCUT2D eigenvalue weighted by Gasteiger charge is 2.08. The molecule has 0 aliphatic rings. The molecule has 2 aromatic heterocycles. The van der Waals surface area contributed by atoms with E-state index in [9.17, 15) is 5.26 Å². The van der Waals surface area contributed by atoms with E-state index < -0.39 is 0 Å². The SMILES string of the molecule is N#C/C(=C(/Cl)c1ccncc1)c1ccncc1. The van der Waals surface area contributed by atoms with Gasteiger partial charge >= 0.3 is 0 Å². The van der Waals surface area contributed by atoms with Gasteiger partial charge in [-0.25, -0.2) is 0 Å². The lowest BCUT2D eigenvalue weighted by atomic mass is 10.1. The summed E-state index contributed by atoms with van der Waals surface area (Å²) in [6, 6.07) is 9.15. The quantitative estimate of drug-likeness (QED) is 0.759. The van der Waals surface area contributed by atoms with E-state index in [1.807, 2.05) is 0 Å². The third-order valence-electron chi connectivity index (χ3n) is 2.23. The van der Waals surface area contributed by atoms with Gasteiger partial charge in [0.05, 0.1) is 10.6 Å². The molecule has 17 heavy (non-hydrogen) atoms. The summed E-state index contributed by atoms with van der Waals surface area (Å²) in [6.45, 7) is 0. The van der Waals surface area contributed by atoms with Gasteiger partial charge in [0.2, 0.25) is 0 Å². The molecule has 0 radical (unpaired) electrons. The van der Waals surface area contributed by atoms with Crippen LogP contribution in [0.15, 0.2) is 49.1 Å². The standard InChI is InChI=1S/C13H8ClN3/c14-13(11-3-7-17-8-4-11)12(9-15)10-1-5-16-6-2-10/h1-8H/b13-12-. The lowest BCUT2D eigenvalue weighted by Gasteiger charge is -2.03. The van der Waals surface area contributed by atoms with Crippen LogP contribution in [0, 0.1) is 11.3 Å². The second-order valence-corrected chi connectivity index (χ2v) is 3.65. The van der Waals surface area contributed by atoms with E-state index in [1.54, 1.807) is 49.1 Å². The van der Waals surface area contributed by atoms with Gasteiger partial charge < -0.3 is 0 Å². The van der Waals surface area contributed by atoms with Gasteiger partial charge in [0, 0.05) is 24.8 Å². The summed E-state index contributed by atoms with van der Waals surface area (Å²) in [5.74, 6) is 0. The minimum atomic E-state index is 0.418. The van der Waals surface area contributed by atoms with E-state index in [-0.39, 0.29) is 0 Å². The fourth-order valence-electron chi connectivity index (χ4n) is 1.40. The van der Waals surface area contributed by atoms with Crippen LogP contribution in [0.25, 0.3) is 10.6 Å². The van der Waals surface area contributed by atoms with Crippen molar-refractivity contribution in [3.05, 3.63) is 60.2 Å². The van der Waals surface area contributed by atoms with Crippen LogP contribution in [-0.4, -0.2) is 9.97 Å². The summed E-state index contributed by atoms with van der Waals surface area (Å²) in [7, 11) is 0. The third-order valence-corrected chi connectivity index (χ3v) is 2.64. The van der Waals surface area contributed by atoms with Gasteiger partial charge in [-0.05, 0) is 35.4 Å². The Kier molecular flexibility index (Phi) is 3.49. The molecule has 0 fully saturated rings. The summed E-state index contributed by atoms with van der Waals surface area (Å²) in [4.78, 5) is 7.82. The van der Waals surface area contributed by atoms with Gasteiger partial charge in [-0.2, -0.15) is 5.26 Å². The molecule has 2 aromatic rings. The van der Waals surface area contributed by atoms with Crippen molar-refractivity contribution in [2.75, 3.05) is 0 Å². The van der Waals surface area contributed by atoms with Crippen LogP contribution in [0.4, 0.5) is 0 Å². The molecule has 0 saturated heterocycles. The first-order valence-corrected chi connectivity index (χ1v) is 5.31. The van der Waals surface area contributed by atoms with Crippen molar-refractivity contribution >= 4 is 22.2 Å². The highest BCUT2D eigenvalue weighted by Crippen LogP contribution is 2.28. The largest absolute Gasteiger partial charge is 0.265 e. The molecule has 0 amide bonds. The van der Waals surface area contributed by atoms with Crippen molar-refractivity contribution < 1.29 is 0 Å². The number of halogens is 1. The average molecular weight is 242 g/mol. The summed E-state index contributed by atoms with van der Waals surface area (Å²) in [5, 5.41) is 9.60. The number of pyridine rings is 2. The Morgan fingerprint density at radius 1 is 0.941 bits per heavy atom. The van der Waals surface area contributed by atoms with Crippen molar-refractivity contribution in [2.45, 2.75) is 0 Å². The molecule has 0 unspecified atom stereocenters. The molecular weight excluding hydrogens is 234 g/mol. The summed E-state index contributed by atoms with van der Waals surface area (Å²) in [6.07, 6.45) is 6.53.